The molecule has 1 nitrogen and oxygen atoms in total. The van der Waals surface area contributed by atoms with Crippen LogP contribution in [0.4, 0.5) is 13.2 Å². The first-order chi connectivity index (χ1) is 9.49. The van der Waals surface area contributed by atoms with Gasteiger partial charge in [-0.05, 0) is 35.7 Å². The lowest BCUT2D eigenvalue weighted by Crippen LogP contribution is -2.06. The van der Waals surface area contributed by atoms with E-state index in [2.05, 4.69) is 0 Å². The first-order valence-corrected chi connectivity index (χ1v) is 6.37. The van der Waals surface area contributed by atoms with Crippen LogP contribution in [0.2, 0.25) is 0 Å². The van der Waals surface area contributed by atoms with Crippen LogP contribution in [0.1, 0.15) is 23.6 Å². The third kappa shape index (κ3) is 3.76. The minimum absolute atomic E-state index is 0.250. The van der Waals surface area contributed by atoms with Crippen molar-refractivity contribution in [1.29, 1.82) is 0 Å². The highest BCUT2D eigenvalue weighted by molar-refractivity contribution is 5.36. The van der Waals surface area contributed by atoms with Crippen LogP contribution >= 0.6 is 0 Å². The highest BCUT2D eigenvalue weighted by Gasteiger charge is 2.31. The van der Waals surface area contributed by atoms with Crippen molar-refractivity contribution in [1.82, 2.24) is 0 Å². The van der Waals surface area contributed by atoms with Crippen molar-refractivity contribution in [3.8, 4) is 5.75 Å². The standard InChI is InChI=1S/C16H15F3O/c1-2-12-8-14(16(17,18)19)10-15(9-12)20-11-13-6-4-3-5-7-13/h3-10H,2,11H2,1H3. The summed E-state index contributed by atoms with van der Waals surface area (Å²) in [7, 11) is 0. The highest BCUT2D eigenvalue weighted by Crippen LogP contribution is 2.33. The summed E-state index contributed by atoms with van der Waals surface area (Å²) in [4.78, 5) is 0. The van der Waals surface area contributed by atoms with E-state index < -0.39 is 11.7 Å². The van der Waals surface area contributed by atoms with Crippen molar-refractivity contribution in [2.24, 2.45) is 0 Å². The molecule has 0 unspecified atom stereocenters. The molecule has 2 aromatic rings. The molecule has 0 atom stereocenters. The number of alkyl halides is 3. The number of hydrogen-bond donors (Lipinski definition) is 0. The molecule has 0 bridgehead atoms. The maximum absolute atomic E-state index is 12.8. The SMILES string of the molecule is CCc1cc(OCc2ccccc2)cc(C(F)(F)F)c1. The van der Waals surface area contributed by atoms with E-state index in [1.165, 1.54) is 0 Å². The normalized spacial score (nSPS) is 11.4. The van der Waals surface area contributed by atoms with Gasteiger partial charge in [-0.3, -0.25) is 0 Å². The topological polar surface area (TPSA) is 9.23 Å². The molecule has 0 amide bonds. The minimum Gasteiger partial charge on any atom is -0.489 e. The first-order valence-electron chi connectivity index (χ1n) is 6.37. The Morgan fingerprint density at radius 2 is 1.65 bits per heavy atom. The van der Waals surface area contributed by atoms with Gasteiger partial charge in [0.1, 0.15) is 12.4 Å². The fourth-order valence-corrected chi connectivity index (χ4v) is 1.85. The van der Waals surface area contributed by atoms with E-state index in [9.17, 15) is 13.2 Å². The second kappa shape index (κ2) is 5.99. The summed E-state index contributed by atoms with van der Waals surface area (Å²) < 4.78 is 43.8. The Morgan fingerprint density at radius 3 is 2.25 bits per heavy atom. The Kier molecular flexibility index (Phi) is 4.32. The molecule has 2 aromatic carbocycles. The molecular weight excluding hydrogens is 265 g/mol. The van der Waals surface area contributed by atoms with Gasteiger partial charge in [0.2, 0.25) is 0 Å². The quantitative estimate of drug-likeness (QED) is 0.778. The molecule has 0 radical (unpaired) electrons. The van der Waals surface area contributed by atoms with E-state index in [4.69, 9.17) is 4.74 Å². The third-order valence-electron chi connectivity index (χ3n) is 2.95. The maximum Gasteiger partial charge on any atom is 0.416 e. The number of aryl methyl sites for hydroxylation is 1. The summed E-state index contributed by atoms with van der Waals surface area (Å²) in [6, 6.07) is 13.2. The van der Waals surface area contributed by atoms with Crippen molar-refractivity contribution in [2.45, 2.75) is 26.1 Å². The third-order valence-corrected chi connectivity index (χ3v) is 2.95. The fourth-order valence-electron chi connectivity index (χ4n) is 1.85. The molecule has 4 heteroatoms. The van der Waals surface area contributed by atoms with Crippen LogP contribution in [-0.2, 0) is 19.2 Å². The lowest BCUT2D eigenvalue weighted by atomic mass is 10.1. The molecule has 0 aliphatic carbocycles. The van der Waals surface area contributed by atoms with Gasteiger partial charge in [0.25, 0.3) is 0 Å². The summed E-state index contributed by atoms with van der Waals surface area (Å²) in [6.07, 6.45) is -3.82. The molecule has 0 aromatic heterocycles. The van der Waals surface area contributed by atoms with Gasteiger partial charge in [0.15, 0.2) is 0 Å². The van der Waals surface area contributed by atoms with Crippen LogP contribution in [0.25, 0.3) is 0 Å². The van der Waals surface area contributed by atoms with E-state index in [1.807, 2.05) is 37.3 Å². The molecule has 0 N–H and O–H groups in total. The zero-order valence-electron chi connectivity index (χ0n) is 11.1. The van der Waals surface area contributed by atoms with Crippen molar-refractivity contribution in [2.75, 3.05) is 0 Å². The number of rotatable bonds is 4. The second-order valence-corrected chi connectivity index (χ2v) is 4.49. The van der Waals surface area contributed by atoms with Gasteiger partial charge >= 0.3 is 6.18 Å². The molecule has 0 aliphatic heterocycles. The van der Waals surface area contributed by atoms with Crippen LogP contribution in [0.5, 0.6) is 5.75 Å². The molecule has 0 saturated heterocycles. The number of ether oxygens (including phenoxy) is 1. The Balaban J connectivity index is 2.19. The van der Waals surface area contributed by atoms with Gasteiger partial charge in [0.05, 0.1) is 5.56 Å². The van der Waals surface area contributed by atoms with Crippen LogP contribution in [0.3, 0.4) is 0 Å². The molecule has 0 spiro atoms. The highest BCUT2D eigenvalue weighted by atomic mass is 19.4. The van der Waals surface area contributed by atoms with Crippen molar-refractivity contribution in [3.05, 3.63) is 65.2 Å². The van der Waals surface area contributed by atoms with Crippen molar-refractivity contribution in [3.63, 3.8) is 0 Å². The van der Waals surface area contributed by atoms with E-state index in [0.717, 1.165) is 17.7 Å². The zero-order chi connectivity index (χ0) is 14.6. The molecule has 0 aliphatic rings. The molecule has 0 heterocycles. The van der Waals surface area contributed by atoms with Crippen molar-refractivity contribution < 1.29 is 17.9 Å². The minimum atomic E-state index is -4.35. The van der Waals surface area contributed by atoms with E-state index in [1.54, 1.807) is 6.07 Å². The summed E-state index contributed by atoms with van der Waals surface area (Å²) in [5.41, 5.74) is 0.866. The Labute approximate surface area is 116 Å². The average Bonchev–Trinajstić information content (AvgIpc) is 2.45. The number of hydrogen-bond acceptors (Lipinski definition) is 1. The van der Waals surface area contributed by atoms with Crippen LogP contribution in [0, 0.1) is 0 Å². The molecule has 0 saturated carbocycles. The van der Waals surface area contributed by atoms with Crippen LogP contribution in [0.15, 0.2) is 48.5 Å². The molecule has 20 heavy (non-hydrogen) atoms. The fraction of sp³-hybridized carbons (Fsp3) is 0.250. The lowest BCUT2D eigenvalue weighted by Gasteiger charge is -2.12. The zero-order valence-corrected chi connectivity index (χ0v) is 11.1. The summed E-state index contributed by atoms with van der Waals surface area (Å²) in [5, 5.41) is 0. The van der Waals surface area contributed by atoms with Crippen molar-refractivity contribution >= 4 is 0 Å². The predicted octanol–water partition coefficient (Wildman–Crippen LogP) is 4.85. The lowest BCUT2D eigenvalue weighted by molar-refractivity contribution is -0.137. The Bertz CT molecular complexity index is 562. The van der Waals surface area contributed by atoms with Crippen LogP contribution < -0.4 is 4.74 Å². The largest absolute Gasteiger partial charge is 0.489 e. The predicted molar refractivity (Wildman–Crippen MR) is 71.6 cm³/mol. The van der Waals surface area contributed by atoms with Gasteiger partial charge in [-0.15, -0.1) is 0 Å². The Hall–Kier alpha value is -1.97. The first kappa shape index (κ1) is 14.4. The number of benzene rings is 2. The molecular formula is C16H15F3O. The van der Waals surface area contributed by atoms with Gasteiger partial charge < -0.3 is 4.74 Å². The van der Waals surface area contributed by atoms with Gasteiger partial charge in [-0.25, -0.2) is 0 Å². The number of halogens is 3. The van der Waals surface area contributed by atoms with Gasteiger partial charge in [-0.2, -0.15) is 13.2 Å². The second-order valence-electron chi connectivity index (χ2n) is 4.49. The summed E-state index contributed by atoms with van der Waals surface area (Å²) >= 11 is 0. The maximum atomic E-state index is 12.8. The monoisotopic (exact) mass is 280 g/mol. The summed E-state index contributed by atoms with van der Waals surface area (Å²) in [6.45, 7) is 2.07. The van der Waals surface area contributed by atoms with E-state index >= 15 is 0 Å². The molecule has 0 fully saturated rings. The Morgan fingerprint density at radius 1 is 0.950 bits per heavy atom. The summed E-state index contributed by atoms with van der Waals surface area (Å²) in [5.74, 6) is 0.250. The average molecular weight is 280 g/mol. The molecule has 2 rings (SSSR count). The van der Waals surface area contributed by atoms with Gasteiger partial charge in [-0.1, -0.05) is 37.3 Å². The van der Waals surface area contributed by atoms with E-state index in [0.29, 0.717) is 12.0 Å². The van der Waals surface area contributed by atoms with E-state index in [-0.39, 0.29) is 12.4 Å². The smallest absolute Gasteiger partial charge is 0.416 e. The van der Waals surface area contributed by atoms with Gasteiger partial charge in [0, 0.05) is 0 Å². The molecule has 106 valence electrons. The van der Waals surface area contributed by atoms with Crippen LogP contribution in [-0.4, -0.2) is 0 Å².